The molecule has 0 unspecified atom stereocenters. The number of nitrogens with one attached hydrogen (secondary N) is 1. The highest BCUT2D eigenvalue weighted by Crippen LogP contribution is 2.21. The second-order valence-electron chi connectivity index (χ2n) is 4.08. The van der Waals surface area contributed by atoms with Gasteiger partial charge in [-0.15, -0.1) is 0 Å². The van der Waals surface area contributed by atoms with Crippen LogP contribution < -0.4 is 0 Å². The first-order valence-corrected chi connectivity index (χ1v) is 5.48. The van der Waals surface area contributed by atoms with Crippen LogP contribution in [0.2, 0.25) is 0 Å². The first-order valence-electron chi connectivity index (χ1n) is 5.48. The van der Waals surface area contributed by atoms with Gasteiger partial charge < -0.3 is 4.98 Å². The summed E-state index contributed by atoms with van der Waals surface area (Å²) >= 11 is 0. The van der Waals surface area contributed by atoms with E-state index in [0.29, 0.717) is 0 Å². The third kappa shape index (κ3) is 1.78. The van der Waals surface area contributed by atoms with E-state index in [0.717, 1.165) is 33.8 Å². The number of imidazole rings is 1. The number of aryl methyl sites for hydroxylation is 2. The Morgan fingerprint density at radius 3 is 2.76 bits per heavy atom. The minimum Gasteiger partial charge on any atom is -0.345 e. The Balaban J connectivity index is 2.19. The van der Waals surface area contributed by atoms with E-state index in [9.17, 15) is 0 Å². The lowest BCUT2D eigenvalue weighted by Crippen LogP contribution is -1.93. The van der Waals surface area contributed by atoms with Crippen molar-refractivity contribution in [2.45, 2.75) is 13.8 Å². The third-order valence-electron chi connectivity index (χ3n) is 2.68. The molecule has 0 fully saturated rings. The van der Waals surface area contributed by atoms with E-state index in [-0.39, 0.29) is 0 Å². The second kappa shape index (κ2) is 3.66. The minimum absolute atomic E-state index is 0.796. The van der Waals surface area contributed by atoms with Gasteiger partial charge in [0.15, 0.2) is 0 Å². The molecule has 3 aromatic rings. The second-order valence-corrected chi connectivity index (χ2v) is 4.08. The molecule has 4 heteroatoms. The Bertz CT molecular complexity index is 664. The molecular weight excluding hydrogens is 212 g/mol. The van der Waals surface area contributed by atoms with Gasteiger partial charge in [0.2, 0.25) is 0 Å². The van der Waals surface area contributed by atoms with E-state index < -0.39 is 0 Å². The zero-order valence-corrected chi connectivity index (χ0v) is 9.73. The lowest BCUT2D eigenvalue weighted by Gasteiger charge is -2.03. The number of H-pyrrole nitrogens is 1. The molecule has 0 aliphatic carbocycles. The van der Waals surface area contributed by atoms with Crippen molar-refractivity contribution in [3.05, 3.63) is 42.1 Å². The van der Waals surface area contributed by atoms with E-state index in [4.69, 9.17) is 0 Å². The van der Waals surface area contributed by atoms with E-state index in [1.165, 1.54) is 0 Å². The maximum Gasteiger partial charge on any atom is 0.126 e. The monoisotopic (exact) mass is 224 g/mol. The van der Waals surface area contributed by atoms with Crippen LogP contribution in [0.25, 0.3) is 22.3 Å². The number of fused-ring (bicyclic) bond motifs is 1. The smallest absolute Gasteiger partial charge is 0.126 e. The lowest BCUT2D eigenvalue weighted by atomic mass is 10.1. The molecule has 0 bridgehead atoms. The normalized spacial score (nSPS) is 10.9. The Labute approximate surface area is 98.8 Å². The van der Waals surface area contributed by atoms with Crippen molar-refractivity contribution in [2.75, 3.05) is 0 Å². The minimum atomic E-state index is 0.796. The molecule has 84 valence electrons. The molecule has 0 aliphatic rings. The molecular formula is C13H12N4. The highest BCUT2D eigenvalue weighted by atomic mass is 14.9. The van der Waals surface area contributed by atoms with Crippen molar-refractivity contribution in [1.82, 2.24) is 19.9 Å². The first kappa shape index (κ1) is 9.96. The topological polar surface area (TPSA) is 54.5 Å². The number of hydrogen-bond acceptors (Lipinski definition) is 3. The van der Waals surface area contributed by atoms with Crippen LogP contribution in [0.3, 0.4) is 0 Å². The summed E-state index contributed by atoms with van der Waals surface area (Å²) in [5, 5.41) is 0. The summed E-state index contributed by atoms with van der Waals surface area (Å²) in [5.74, 6) is 0.796. The van der Waals surface area contributed by atoms with Crippen LogP contribution >= 0.6 is 0 Å². The molecule has 4 nitrogen and oxygen atoms in total. The maximum absolute atomic E-state index is 4.45. The Morgan fingerprint density at radius 2 is 1.94 bits per heavy atom. The van der Waals surface area contributed by atoms with Gasteiger partial charge in [0.25, 0.3) is 0 Å². The van der Waals surface area contributed by atoms with Gasteiger partial charge in [-0.05, 0) is 32.0 Å². The van der Waals surface area contributed by atoms with Crippen molar-refractivity contribution in [3.8, 4) is 11.3 Å². The number of nitrogens with zero attached hydrogens (tertiary/aromatic N) is 3. The molecule has 2 heterocycles. The molecule has 0 amide bonds. The highest BCUT2D eigenvalue weighted by molar-refractivity contribution is 5.80. The van der Waals surface area contributed by atoms with Gasteiger partial charge in [-0.1, -0.05) is 6.07 Å². The fourth-order valence-corrected chi connectivity index (χ4v) is 1.96. The average Bonchev–Trinajstić information content (AvgIpc) is 2.74. The van der Waals surface area contributed by atoms with Crippen molar-refractivity contribution >= 4 is 11.0 Å². The fourth-order valence-electron chi connectivity index (χ4n) is 1.96. The summed E-state index contributed by atoms with van der Waals surface area (Å²) in [5.41, 5.74) is 5.01. The van der Waals surface area contributed by atoms with Gasteiger partial charge >= 0.3 is 0 Å². The summed E-state index contributed by atoms with van der Waals surface area (Å²) in [6.45, 7) is 3.89. The zero-order valence-electron chi connectivity index (χ0n) is 9.73. The third-order valence-corrected chi connectivity index (χ3v) is 2.68. The SMILES string of the molecule is Cc1cc(-c2ccc3nc[nH]c3c2)nc(C)n1. The Hall–Kier alpha value is -2.23. The Morgan fingerprint density at radius 1 is 1.06 bits per heavy atom. The predicted molar refractivity (Wildman–Crippen MR) is 66.6 cm³/mol. The van der Waals surface area contributed by atoms with Crippen LogP contribution in [0.5, 0.6) is 0 Å². The van der Waals surface area contributed by atoms with Crippen molar-refractivity contribution in [3.63, 3.8) is 0 Å². The first-order chi connectivity index (χ1) is 8.22. The van der Waals surface area contributed by atoms with E-state index in [1.807, 2.05) is 32.0 Å². The number of rotatable bonds is 1. The van der Waals surface area contributed by atoms with Gasteiger partial charge in [0.1, 0.15) is 5.82 Å². The molecule has 1 N–H and O–H groups in total. The summed E-state index contributed by atoms with van der Waals surface area (Å²) in [6, 6.07) is 8.08. The number of hydrogen-bond donors (Lipinski definition) is 1. The Kier molecular flexibility index (Phi) is 2.14. The molecule has 0 spiro atoms. The van der Waals surface area contributed by atoms with Crippen LogP contribution in [-0.2, 0) is 0 Å². The van der Waals surface area contributed by atoms with E-state index >= 15 is 0 Å². The molecule has 0 saturated heterocycles. The summed E-state index contributed by atoms with van der Waals surface area (Å²) in [6.07, 6.45) is 1.70. The van der Waals surface area contributed by atoms with Crippen molar-refractivity contribution in [2.24, 2.45) is 0 Å². The molecule has 3 rings (SSSR count). The van der Waals surface area contributed by atoms with Gasteiger partial charge in [-0.3, -0.25) is 0 Å². The molecule has 0 radical (unpaired) electrons. The van der Waals surface area contributed by atoms with E-state index in [2.05, 4.69) is 26.0 Å². The quantitative estimate of drug-likeness (QED) is 0.691. The standard InChI is InChI=1S/C13H12N4/c1-8-5-12(17-9(2)16-8)10-3-4-11-13(6-10)15-7-14-11/h3-7H,1-2H3,(H,14,15). The van der Waals surface area contributed by atoms with Crippen molar-refractivity contribution in [1.29, 1.82) is 0 Å². The van der Waals surface area contributed by atoms with Crippen LogP contribution in [0.1, 0.15) is 11.5 Å². The average molecular weight is 224 g/mol. The fraction of sp³-hybridized carbons (Fsp3) is 0.154. The molecule has 0 atom stereocenters. The summed E-state index contributed by atoms with van der Waals surface area (Å²) < 4.78 is 0. The lowest BCUT2D eigenvalue weighted by molar-refractivity contribution is 1.02. The number of aromatic nitrogens is 4. The molecule has 17 heavy (non-hydrogen) atoms. The zero-order chi connectivity index (χ0) is 11.8. The molecule has 1 aromatic carbocycles. The predicted octanol–water partition coefficient (Wildman–Crippen LogP) is 2.64. The van der Waals surface area contributed by atoms with E-state index in [1.54, 1.807) is 6.33 Å². The van der Waals surface area contributed by atoms with Gasteiger partial charge in [0.05, 0.1) is 23.1 Å². The van der Waals surface area contributed by atoms with Crippen molar-refractivity contribution < 1.29 is 0 Å². The summed E-state index contributed by atoms with van der Waals surface area (Å²) in [4.78, 5) is 16.0. The molecule has 0 saturated carbocycles. The summed E-state index contributed by atoms with van der Waals surface area (Å²) in [7, 11) is 0. The largest absolute Gasteiger partial charge is 0.345 e. The maximum atomic E-state index is 4.45. The number of aromatic amines is 1. The van der Waals surface area contributed by atoms with Crippen LogP contribution in [0.4, 0.5) is 0 Å². The number of benzene rings is 1. The highest BCUT2D eigenvalue weighted by Gasteiger charge is 2.04. The molecule has 2 aromatic heterocycles. The van der Waals surface area contributed by atoms with Gasteiger partial charge in [-0.2, -0.15) is 0 Å². The molecule has 0 aliphatic heterocycles. The van der Waals surface area contributed by atoms with Gasteiger partial charge in [0, 0.05) is 11.3 Å². The van der Waals surface area contributed by atoms with Crippen LogP contribution in [0.15, 0.2) is 30.6 Å². The van der Waals surface area contributed by atoms with Crippen LogP contribution in [-0.4, -0.2) is 19.9 Å². The van der Waals surface area contributed by atoms with Gasteiger partial charge in [-0.25, -0.2) is 15.0 Å². The van der Waals surface area contributed by atoms with Crippen LogP contribution in [0, 0.1) is 13.8 Å².